The predicted molar refractivity (Wildman–Crippen MR) is 89.1 cm³/mol. The number of urea groups is 1. The Labute approximate surface area is 158 Å². The fourth-order valence-electron chi connectivity index (χ4n) is 2.30. The van der Waals surface area contributed by atoms with Crippen molar-refractivity contribution in [2.75, 3.05) is 6.61 Å². The van der Waals surface area contributed by atoms with E-state index in [0.29, 0.717) is 0 Å². The summed E-state index contributed by atoms with van der Waals surface area (Å²) < 4.78 is 30.9. The third kappa shape index (κ3) is 4.56. The van der Waals surface area contributed by atoms with E-state index in [9.17, 15) is 28.5 Å². The number of sulfonamides is 1. The molecule has 1 aromatic rings. The largest absolute Gasteiger partial charge is 0.394 e. The van der Waals surface area contributed by atoms with Crippen LogP contribution in [0, 0.1) is 0 Å². The van der Waals surface area contributed by atoms with Crippen molar-refractivity contribution < 1.29 is 38.4 Å². The van der Waals surface area contributed by atoms with Crippen LogP contribution in [0.2, 0.25) is 10.0 Å². The minimum atomic E-state index is -4.38. The van der Waals surface area contributed by atoms with Crippen molar-refractivity contribution in [3.05, 3.63) is 28.2 Å². The molecule has 146 valence electrons. The smallest absolute Gasteiger partial charge is 0.329 e. The lowest BCUT2D eigenvalue weighted by molar-refractivity contribution is -0.252. The predicted octanol–water partition coefficient (Wildman–Crippen LogP) is -1.22. The van der Waals surface area contributed by atoms with E-state index in [2.05, 4.69) is 0 Å². The number of hydrogen-bond acceptors (Lipinski definition) is 8. The van der Waals surface area contributed by atoms with Crippen LogP contribution in [0.1, 0.15) is 0 Å². The van der Waals surface area contributed by atoms with Crippen LogP contribution in [0.3, 0.4) is 0 Å². The molecule has 1 heterocycles. The van der Waals surface area contributed by atoms with E-state index < -0.39 is 58.2 Å². The van der Waals surface area contributed by atoms with Gasteiger partial charge in [-0.15, -0.1) is 0 Å². The number of carbonyl (C=O) groups excluding carboxylic acids is 1. The third-order valence-electron chi connectivity index (χ3n) is 3.61. The first-order chi connectivity index (χ1) is 12.1. The SMILES string of the molecule is O=C(N[C@H]1C(O)O[C@H](CO)[C@@H](O)[C@@H]1O)NS(=O)(=O)c1ccc(Cl)cc1Cl. The molecule has 5 atom stereocenters. The molecule has 1 aliphatic heterocycles. The Morgan fingerprint density at radius 3 is 2.42 bits per heavy atom. The molecule has 0 aromatic heterocycles. The second kappa shape index (κ2) is 8.23. The second-order valence-electron chi connectivity index (χ2n) is 5.41. The highest BCUT2D eigenvalue weighted by Gasteiger charge is 2.44. The zero-order chi connectivity index (χ0) is 19.6. The van der Waals surface area contributed by atoms with Crippen LogP contribution in [0.25, 0.3) is 0 Å². The quantitative estimate of drug-likeness (QED) is 0.345. The summed E-state index contributed by atoms with van der Waals surface area (Å²) in [6, 6.07) is 0.654. The standard InChI is InChI=1S/C13H16Cl2N2O8S/c14-5-1-2-8(6(15)3-5)26(23,24)17-13(22)16-9-11(20)10(19)7(4-18)25-12(9)21/h1-3,7,9-12,18-21H,4H2,(H2,16,17,22)/t7-,9-,10-,11-,12?/m1/s1. The number of halogens is 2. The van der Waals surface area contributed by atoms with E-state index in [0.717, 1.165) is 6.07 Å². The molecule has 0 spiro atoms. The lowest BCUT2D eigenvalue weighted by atomic mass is 9.97. The number of aliphatic hydroxyl groups is 4. The number of rotatable bonds is 4. The Bertz CT molecular complexity index is 777. The molecule has 13 heteroatoms. The molecule has 1 unspecified atom stereocenters. The molecule has 1 aliphatic rings. The molecule has 10 nitrogen and oxygen atoms in total. The van der Waals surface area contributed by atoms with Crippen molar-refractivity contribution in [2.24, 2.45) is 0 Å². The molecule has 0 saturated carbocycles. The van der Waals surface area contributed by atoms with Gasteiger partial charge in [0.15, 0.2) is 6.29 Å². The molecule has 26 heavy (non-hydrogen) atoms. The summed E-state index contributed by atoms with van der Waals surface area (Å²) in [6.45, 7) is -0.683. The van der Waals surface area contributed by atoms with Gasteiger partial charge in [-0.1, -0.05) is 23.2 Å². The van der Waals surface area contributed by atoms with Gasteiger partial charge in [-0.2, -0.15) is 0 Å². The summed E-state index contributed by atoms with van der Waals surface area (Å²) in [5.74, 6) is 0. The number of nitrogens with one attached hydrogen (secondary N) is 2. The summed E-state index contributed by atoms with van der Waals surface area (Å²) in [4.78, 5) is 11.5. The van der Waals surface area contributed by atoms with Crippen LogP contribution >= 0.6 is 23.2 Å². The maximum atomic E-state index is 12.2. The fraction of sp³-hybridized carbons (Fsp3) is 0.462. The van der Waals surface area contributed by atoms with Crippen molar-refractivity contribution in [3.63, 3.8) is 0 Å². The fourth-order valence-corrected chi connectivity index (χ4v) is 3.99. The van der Waals surface area contributed by atoms with Gasteiger partial charge in [0, 0.05) is 5.02 Å². The van der Waals surface area contributed by atoms with Crippen LogP contribution in [0.4, 0.5) is 4.79 Å². The number of hydrogen-bond donors (Lipinski definition) is 6. The van der Waals surface area contributed by atoms with Gasteiger partial charge in [-0.3, -0.25) is 0 Å². The number of benzene rings is 1. The number of carbonyl (C=O) groups is 1. The van der Waals surface area contributed by atoms with Gasteiger partial charge in [0.2, 0.25) is 0 Å². The minimum absolute atomic E-state index is 0.191. The maximum absolute atomic E-state index is 12.2. The molecule has 1 saturated heterocycles. The topological polar surface area (TPSA) is 165 Å². The van der Waals surface area contributed by atoms with Crippen molar-refractivity contribution in [3.8, 4) is 0 Å². The van der Waals surface area contributed by atoms with Gasteiger partial charge in [0.25, 0.3) is 10.0 Å². The molecule has 2 amide bonds. The van der Waals surface area contributed by atoms with E-state index in [1.54, 1.807) is 4.72 Å². The van der Waals surface area contributed by atoms with E-state index in [4.69, 9.17) is 33.0 Å². The summed E-state index contributed by atoms with van der Waals surface area (Å²) >= 11 is 11.5. The lowest BCUT2D eigenvalue weighted by Crippen LogP contribution is -2.65. The van der Waals surface area contributed by atoms with Crippen LogP contribution in [0.15, 0.2) is 23.1 Å². The summed E-state index contributed by atoms with van der Waals surface area (Å²) in [7, 11) is -4.38. The normalized spacial score (nSPS) is 29.2. The minimum Gasteiger partial charge on any atom is -0.394 e. The monoisotopic (exact) mass is 430 g/mol. The summed E-state index contributed by atoms with van der Waals surface area (Å²) in [5, 5.41) is 40.4. The second-order valence-corrected chi connectivity index (χ2v) is 7.90. The van der Waals surface area contributed by atoms with Crippen molar-refractivity contribution in [1.82, 2.24) is 10.0 Å². The molecular weight excluding hydrogens is 415 g/mol. The van der Waals surface area contributed by atoms with Crippen molar-refractivity contribution >= 4 is 39.3 Å². The van der Waals surface area contributed by atoms with Gasteiger partial charge in [-0.05, 0) is 18.2 Å². The Balaban J connectivity index is 2.10. The van der Waals surface area contributed by atoms with Crippen LogP contribution in [-0.4, -0.2) is 72.1 Å². The van der Waals surface area contributed by atoms with E-state index in [1.165, 1.54) is 12.1 Å². The summed E-state index contributed by atoms with van der Waals surface area (Å²) in [5.41, 5.74) is 0. The first-order valence-electron chi connectivity index (χ1n) is 7.15. The van der Waals surface area contributed by atoms with Crippen LogP contribution in [0.5, 0.6) is 0 Å². The maximum Gasteiger partial charge on any atom is 0.329 e. The Kier molecular flexibility index (Phi) is 6.69. The molecule has 1 fully saturated rings. The number of ether oxygens (including phenoxy) is 1. The van der Waals surface area contributed by atoms with Gasteiger partial charge in [-0.25, -0.2) is 17.9 Å². The first-order valence-corrected chi connectivity index (χ1v) is 9.39. The number of aliphatic hydroxyl groups excluding tert-OH is 4. The van der Waals surface area contributed by atoms with Gasteiger partial charge in [0.05, 0.1) is 11.6 Å². The third-order valence-corrected chi connectivity index (χ3v) is 5.66. The van der Waals surface area contributed by atoms with Crippen LogP contribution in [-0.2, 0) is 14.8 Å². The highest BCUT2D eigenvalue weighted by molar-refractivity contribution is 7.90. The zero-order valence-electron chi connectivity index (χ0n) is 12.9. The van der Waals surface area contributed by atoms with Crippen molar-refractivity contribution in [2.45, 2.75) is 35.5 Å². The van der Waals surface area contributed by atoms with E-state index in [1.807, 2.05) is 5.32 Å². The Hall–Kier alpha value is -1.18. The number of amides is 2. The zero-order valence-corrected chi connectivity index (χ0v) is 15.2. The molecule has 2 rings (SSSR count). The molecule has 6 N–H and O–H groups in total. The highest BCUT2D eigenvalue weighted by atomic mass is 35.5. The first kappa shape index (κ1) is 21.1. The van der Waals surface area contributed by atoms with Gasteiger partial charge in [0.1, 0.15) is 29.2 Å². The molecular formula is C13H16Cl2N2O8S. The van der Waals surface area contributed by atoms with E-state index in [-0.39, 0.29) is 10.0 Å². The lowest BCUT2D eigenvalue weighted by Gasteiger charge is -2.40. The summed E-state index contributed by atoms with van der Waals surface area (Å²) in [6.07, 6.45) is -6.39. The average molecular weight is 431 g/mol. The average Bonchev–Trinajstić information content (AvgIpc) is 2.54. The van der Waals surface area contributed by atoms with E-state index >= 15 is 0 Å². The Morgan fingerprint density at radius 1 is 1.19 bits per heavy atom. The van der Waals surface area contributed by atoms with Gasteiger partial charge >= 0.3 is 6.03 Å². The Morgan fingerprint density at radius 2 is 1.85 bits per heavy atom. The van der Waals surface area contributed by atoms with Crippen LogP contribution < -0.4 is 10.0 Å². The van der Waals surface area contributed by atoms with Crippen molar-refractivity contribution in [1.29, 1.82) is 0 Å². The highest BCUT2D eigenvalue weighted by Crippen LogP contribution is 2.25. The molecule has 0 aliphatic carbocycles. The molecule has 1 aromatic carbocycles. The molecule has 0 radical (unpaired) electrons. The van der Waals surface area contributed by atoms with Gasteiger partial charge < -0.3 is 30.5 Å². The molecule has 0 bridgehead atoms.